The predicted molar refractivity (Wildman–Crippen MR) is 83.8 cm³/mol. The Morgan fingerprint density at radius 1 is 1.23 bits per heavy atom. The Hall–Kier alpha value is -2.93. The number of methoxy groups -OCH3 is 1. The molecule has 2 aromatic rings. The van der Waals surface area contributed by atoms with Gasteiger partial charge in [-0.15, -0.1) is 0 Å². The molecule has 1 N–H and O–H groups in total. The fourth-order valence-corrected chi connectivity index (χ4v) is 2.63. The van der Waals surface area contributed by atoms with Crippen LogP contribution in [0, 0.1) is 11.3 Å². The molecular weight excluding hydrogens is 278 g/mol. The molecule has 0 aromatic heterocycles. The van der Waals surface area contributed by atoms with E-state index < -0.39 is 0 Å². The van der Waals surface area contributed by atoms with Crippen LogP contribution in [0.3, 0.4) is 0 Å². The minimum Gasteiger partial charge on any atom is -0.508 e. The lowest BCUT2D eigenvalue weighted by molar-refractivity contribution is 0.363. The monoisotopic (exact) mass is 293 g/mol. The van der Waals surface area contributed by atoms with Gasteiger partial charge in [0.25, 0.3) is 0 Å². The second-order valence-electron chi connectivity index (χ2n) is 5.10. The fraction of sp³-hybridized carbons (Fsp3) is 0.167. The Balaban J connectivity index is 2.13. The molecule has 4 nitrogen and oxygen atoms in total. The largest absolute Gasteiger partial charge is 0.508 e. The molecule has 0 saturated heterocycles. The van der Waals surface area contributed by atoms with Gasteiger partial charge in [-0.25, -0.2) is 0 Å². The van der Waals surface area contributed by atoms with Crippen LogP contribution in [-0.4, -0.2) is 18.8 Å². The van der Waals surface area contributed by atoms with Crippen LogP contribution in [0.15, 0.2) is 36.4 Å². The molecule has 0 saturated carbocycles. The Morgan fingerprint density at radius 3 is 2.77 bits per heavy atom. The van der Waals surface area contributed by atoms with E-state index in [0.29, 0.717) is 17.9 Å². The van der Waals surface area contributed by atoms with E-state index in [9.17, 15) is 5.11 Å². The molecule has 0 fully saturated rings. The summed E-state index contributed by atoms with van der Waals surface area (Å²) in [6, 6.07) is 12.7. The molecule has 4 heteroatoms. The summed E-state index contributed by atoms with van der Waals surface area (Å²) in [4.78, 5) is 0. The number of rotatable bonds is 2. The van der Waals surface area contributed by atoms with Crippen LogP contribution >= 0.6 is 0 Å². The number of ether oxygens (including phenoxy) is 2. The first-order valence-electron chi connectivity index (χ1n) is 6.88. The summed E-state index contributed by atoms with van der Waals surface area (Å²) in [7, 11) is 1.55. The number of benzene rings is 2. The first kappa shape index (κ1) is 14.0. The van der Waals surface area contributed by atoms with Gasteiger partial charge in [-0.1, -0.05) is 6.07 Å². The lowest BCUT2D eigenvalue weighted by Crippen LogP contribution is -2.09. The zero-order valence-electron chi connectivity index (χ0n) is 12.4. The third kappa shape index (κ3) is 2.27. The lowest BCUT2D eigenvalue weighted by atomic mass is 9.93. The molecule has 2 aromatic carbocycles. The van der Waals surface area contributed by atoms with Gasteiger partial charge in [-0.2, -0.15) is 5.26 Å². The van der Waals surface area contributed by atoms with Gasteiger partial charge in [0, 0.05) is 11.1 Å². The van der Waals surface area contributed by atoms with Crippen LogP contribution in [0.1, 0.15) is 23.6 Å². The SMILES string of the molecule is COc1cc(C2=C(C)c3cc(O)ccc3OC2)ccc1C#N. The van der Waals surface area contributed by atoms with Gasteiger partial charge in [0.05, 0.1) is 12.7 Å². The number of nitriles is 1. The molecule has 0 radical (unpaired) electrons. The summed E-state index contributed by atoms with van der Waals surface area (Å²) < 4.78 is 11.0. The van der Waals surface area contributed by atoms with Crippen molar-refractivity contribution < 1.29 is 14.6 Å². The van der Waals surface area contributed by atoms with E-state index in [-0.39, 0.29) is 5.75 Å². The van der Waals surface area contributed by atoms with E-state index in [2.05, 4.69) is 6.07 Å². The van der Waals surface area contributed by atoms with Crippen molar-refractivity contribution in [1.82, 2.24) is 0 Å². The zero-order valence-corrected chi connectivity index (χ0v) is 12.4. The molecule has 0 unspecified atom stereocenters. The molecular formula is C18H15NO3. The van der Waals surface area contributed by atoms with Crippen molar-refractivity contribution in [3.8, 4) is 23.3 Å². The van der Waals surface area contributed by atoms with Crippen LogP contribution < -0.4 is 9.47 Å². The average molecular weight is 293 g/mol. The van der Waals surface area contributed by atoms with Crippen molar-refractivity contribution in [2.45, 2.75) is 6.92 Å². The quantitative estimate of drug-likeness (QED) is 0.919. The van der Waals surface area contributed by atoms with Gasteiger partial charge in [0.15, 0.2) is 0 Å². The number of hydrogen-bond acceptors (Lipinski definition) is 4. The molecule has 0 atom stereocenters. The van der Waals surface area contributed by atoms with Gasteiger partial charge >= 0.3 is 0 Å². The zero-order chi connectivity index (χ0) is 15.7. The molecule has 1 aliphatic heterocycles. The molecule has 1 heterocycles. The average Bonchev–Trinajstić information content (AvgIpc) is 2.55. The second kappa shape index (κ2) is 5.45. The Bertz CT molecular complexity index is 816. The van der Waals surface area contributed by atoms with E-state index in [0.717, 1.165) is 28.0 Å². The summed E-state index contributed by atoms with van der Waals surface area (Å²) in [5.41, 5.74) is 4.39. The topological polar surface area (TPSA) is 62.5 Å². The van der Waals surface area contributed by atoms with Crippen molar-refractivity contribution in [2.75, 3.05) is 13.7 Å². The highest BCUT2D eigenvalue weighted by Crippen LogP contribution is 2.39. The predicted octanol–water partition coefficient (Wildman–Crippen LogP) is 3.60. The highest BCUT2D eigenvalue weighted by Gasteiger charge is 2.19. The van der Waals surface area contributed by atoms with Gasteiger partial charge in [0.2, 0.25) is 0 Å². The first-order chi connectivity index (χ1) is 10.6. The van der Waals surface area contributed by atoms with E-state index >= 15 is 0 Å². The number of phenols is 1. The number of hydrogen-bond donors (Lipinski definition) is 1. The number of fused-ring (bicyclic) bond motifs is 1. The summed E-state index contributed by atoms with van der Waals surface area (Å²) in [5, 5.41) is 18.7. The molecule has 3 rings (SSSR count). The second-order valence-corrected chi connectivity index (χ2v) is 5.10. The number of nitrogens with zero attached hydrogens (tertiary/aromatic N) is 1. The van der Waals surface area contributed by atoms with Gasteiger partial charge in [-0.05, 0) is 48.4 Å². The van der Waals surface area contributed by atoms with Crippen molar-refractivity contribution in [3.05, 3.63) is 53.1 Å². The highest BCUT2D eigenvalue weighted by atomic mass is 16.5. The smallest absolute Gasteiger partial charge is 0.137 e. The maximum Gasteiger partial charge on any atom is 0.137 e. The molecule has 1 aliphatic rings. The number of aromatic hydroxyl groups is 1. The maximum atomic E-state index is 9.68. The van der Waals surface area contributed by atoms with E-state index in [1.165, 1.54) is 0 Å². The van der Waals surface area contributed by atoms with Crippen molar-refractivity contribution >= 4 is 11.1 Å². The van der Waals surface area contributed by atoms with Crippen molar-refractivity contribution in [3.63, 3.8) is 0 Å². The number of phenolic OH excluding ortho intramolecular Hbond substituents is 1. The maximum absolute atomic E-state index is 9.68. The molecule has 0 bridgehead atoms. The molecule has 0 spiro atoms. The normalized spacial score (nSPS) is 13.1. The van der Waals surface area contributed by atoms with Crippen molar-refractivity contribution in [2.24, 2.45) is 0 Å². The van der Waals surface area contributed by atoms with E-state index in [4.69, 9.17) is 14.7 Å². The van der Waals surface area contributed by atoms with Crippen molar-refractivity contribution in [1.29, 1.82) is 5.26 Å². The van der Waals surface area contributed by atoms with E-state index in [1.807, 2.05) is 19.1 Å². The van der Waals surface area contributed by atoms with Crippen LogP contribution in [0.4, 0.5) is 0 Å². The van der Waals surface area contributed by atoms with Gasteiger partial charge in [-0.3, -0.25) is 0 Å². The standard InChI is InChI=1S/C18H15NO3/c1-11-15-8-14(20)5-6-17(15)22-10-16(11)12-3-4-13(9-19)18(7-12)21-2/h3-8,20H,10H2,1-2H3. The van der Waals surface area contributed by atoms with Crippen LogP contribution in [0.25, 0.3) is 11.1 Å². The van der Waals surface area contributed by atoms with Crippen LogP contribution in [-0.2, 0) is 0 Å². The molecule has 0 amide bonds. The van der Waals surface area contributed by atoms with E-state index in [1.54, 1.807) is 31.4 Å². The van der Waals surface area contributed by atoms with Gasteiger partial charge < -0.3 is 14.6 Å². The molecule has 22 heavy (non-hydrogen) atoms. The van der Waals surface area contributed by atoms with Gasteiger partial charge in [0.1, 0.15) is 29.9 Å². The Labute approximate surface area is 128 Å². The summed E-state index contributed by atoms with van der Waals surface area (Å²) >= 11 is 0. The highest BCUT2D eigenvalue weighted by molar-refractivity contribution is 5.94. The minimum absolute atomic E-state index is 0.209. The minimum atomic E-state index is 0.209. The molecule has 0 aliphatic carbocycles. The Kier molecular flexibility index (Phi) is 3.48. The third-order valence-corrected chi connectivity index (χ3v) is 3.86. The third-order valence-electron chi connectivity index (χ3n) is 3.86. The lowest BCUT2D eigenvalue weighted by Gasteiger charge is -2.23. The summed E-state index contributed by atoms with van der Waals surface area (Å²) in [5.74, 6) is 1.52. The van der Waals surface area contributed by atoms with Crippen LogP contribution in [0.5, 0.6) is 17.2 Å². The summed E-state index contributed by atoms with van der Waals surface area (Å²) in [6.07, 6.45) is 0. The first-order valence-corrected chi connectivity index (χ1v) is 6.88. The summed E-state index contributed by atoms with van der Waals surface area (Å²) in [6.45, 7) is 2.44. The Morgan fingerprint density at radius 2 is 2.05 bits per heavy atom. The molecule has 110 valence electrons. The van der Waals surface area contributed by atoms with Crippen LogP contribution in [0.2, 0.25) is 0 Å². The fourth-order valence-electron chi connectivity index (χ4n) is 2.63. The number of allylic oxidation sites excluding steroid dienone is 1.